The molecule has 1 heterocycles. The molecule has 0 saturated carbocycles. The van der Waals surface area contributed by atoms with Crippen LogP contribution in [0.4, 0.5) is 0 Å². The third-order valence-corrected chi connectivity index (χ3v) is 3.11. The maximum Gasteiger partial charge on any atom is 0.258 e. The van der Waals surface area contributed by atoms with Crippen molar-refractivity contribution in [1.82, 2.24) is 5.32 Å². The lowest BCUT2D eigenvalue weighted by Gasteiger charge is -2.21. The molecule has 0 fully saturated rings. The van der Waals surface area contributed by atoms with Crippen molar-refractivity contribution in [2.75, 3.05) is 20.3 Å². The SMILES string of the molecule is COc1ccc(OCC(=O)NCC(C)(O)c2ccco2)cc1. The van der Waals surface area contributed by atoms with E-state index in [0.29, 0.717) is 17.3 Å². The van der Waals surface area contributed by atoms with Crippen LogP contribution in [-0.2, 0) is 10.4 Å². The Morgan fingerprint density at radius 1 is 1.27 bits per heavy atom. The highest BCUT2D eigenvalue weighted by Crippen LogP contribution is 2.20. The van der Waals surface area contributed by atoms with Gasteiger partial charge in [0.2, 0.25) is 0 Å². The summed E-state index contributed by atoms with van der Waals surface area (Å²) in [7, 11) is 1.58. The predicted octanol–water partition coefficient (Wildman–Crippen LogP) is 1.69. The highest BCUT2D eigenvalue weighted by atomic mass is 16.5. The van der Waals surface area contributed by atoms with Crippen LogP contribution in [0.15, 0.2) is 47.1 Å². The van der Waals surface area contributed by atoms with Gasteiger partial charge in [-0.25, -0.2) is 0 Å². The Morgan fingerprint density at radius 2 is 1.95 bits per heavy atom. The fourth-order valence-corrected chi connectivity index (χ4v) is 1.81. The van der Waals surface area contributed by atoms with Crippen molar-refractivity contribution < 1.29 is 23.8 Å². The van der Waals surface area contributed by atoms with Gasteiger partial charge in [-0.1, -0.05) is 0 Å². The van der Waals surface area contributed by atoms with Crippen LogP contribution in [-0.4, -0.2) is 31.3 Å². The number of rotatable bonds is 7. The highest BCUT2D eigenvalue weighted by Gasteiger charge is 2.26. The van der Waals surface area contributed by atoms with E-state index in [1.165, 1.54) is 6.26 Å². The number of ether oxygens (including phenoxy) is 2. The molecule has 6 heteroatoms. The summed E-state index contributed by atoms with van der Waals surface area (Å²) in [5, 5.41) is 12.8. The molecule has 1 atom stereocenters. The summed E-state index contributed by atoms with van der Waals surface area (Å²) in [6.07, 6.45) is 1.47. The van der Waals surface area contributed by atoms with Gasteiger partial charge in [0, 0.05) is 0 Å². The van der Waals surface area contributed by atoms with Crippen molar-refractivity contribution in [2.45, 2.75) is 12.5 Å². The number of furan rings is 1. The van der Waals surface area contributed by atoms with Crippen LogP contribution >= 0.6 is 0 Å². The van der Waals surface area contributed by atoms with Crippen molar-refractivity contribution in [2.24, 2.45) is 0 Å². The number of carbonyl (C=O) groups is 1. The minimum absolute atomic E-state index is 0.0331. The number of hydrogen-bond acceptors (Lipinski definition) is 5. The summed E-state index contributed by atoms with van der Waals surface area (Å²) in [6, 6.07) is 10.2. The Balaban J connectivity index is 1.78. The van der Waals surface area contributed by atoms with E-state index in [9.17, 15) is 9.90 Å². The monoisotopic (exact) mass is 305 g/mol. The molecular weight excluding hydrogens is 286 g/mol. The first-order chi connectivity index (χ1) is 10.5. The summed E-state index contributed by atoms with van der Waals surface area (Å²) < 4.78 is 15.5. The fraction of sp³-hybridized carbons (Fsp3) is 0.312. The lowest BCUT2D eigenvalue weighted by molar-refractivity contribution is -0.124. The van der Waals surface area contributed by atoms with Gasteiger partial charge >= 0.3 is 0 Å². The van der Waals surface area contributed by atoms with Crippen LogP contribution < -0.4 is 14.8 Å². The Kier molecular flexibility index (Phi) is 5.06. The maximum absolute atomic E-state index is 11.8. The predicted molar refractivity (Wildman–Crippen MR) is 79.8 cm³/mol. The van der Waals surface area contributed by atoms with Crippen LogP contribution in [0.3, 0.4) is 0 Å². The Hall–Kier alpha value is -2.47. The third-order valence-electron chi connectivity index (χ3n) is 3.11. The molecule has 6 nitrogen and oxygen atoms in total. The van der Waals surface area contributed by atoms with Gasteiger partial charge < -0.3 is 24.3 Å². The number of hydrogen-bond donors (Lipinski definition) is 2. The van der Waals surface area contributed by atoms with Crippen molar-refractivity contribution in [3.8, 4) is 11.5 Å². The van der Waals surface area contributed by atoms with E-state index in [1.807, 2.05) is 0 Å². The summed E-state index contributed by atoms with van der Waals surface area (Å²) in [4.78, 5) is 11.8. The summed E-state index contributed by atoms with van der Waals surface area (Å²) in [5.74, 6) is 1.34. The molecule has 1 aromatic carbocycles. The zero-order valence-electron chi connectivity index (χ0n) is 12.5. The zero-order chi connectivity index (χ0) is 16.0. The summed E-state index contributed by atoms with van der Waals surface area (Å²) in [6.45, 7) is 1.46. The first kappa shape index (κ1) is 15.9. The van der Waals surface area contributed by atoms with Gasteiger partial charge in [-0.15, -0.1) is 0 Å². The molecule has 2 rings (SSSR count). The molecule has 0 aliphatic carbocycles. The van der Waals surface area contributed by atoms with E-state index in [2.05, 4.69) is 5.32 Å². The van der Waals surface area contributed by atoms with E-state index in [4.69, 9.17) is 13.9 Å². The van der Waals surface area contributed by atoms with E-state index in [-0.39, 0.29) is 19.1 Å². The lowest BCUT2D eigenvalue weighted by atomic mass is 10.0. The molecule has 0 aliphatic heterocycles. The van der Waals surface area contributed by atoms with Gasteiger partial charge in [-0.05, 0) is 43.3 Å². The first-order valence-electron chi connectivity index (χ1n) is 6.81. The second-order valence-electron chi connectivity index (χ2n) is 4.99. The number of benzene rings is 1. The quantitative estimate of drug-likeness (QED) is 0.813. The van der Waals surface area contributed by atoms with Gasteiger partial charge in [0.15, 0.2) is 6.61 Å². The standard InChI is InChI=1S/C16H19NO5/c1-16(19,14-4-3-9-21-14)11-17-15(18)10-22-13-7-5-12(20-2)6-8-13/h3-9,19H,10-11H2,1-2H3,(H,17,18). The molecule has 2 N–H and O–H groups in total. The Bertz CT molecular complexity index is 590. The minimum atomic E-state index is -1.26. The normalized spacial score (nSPS) is 13.2. The van der Waals surface area contributed by atoms with Crippen molar-refractivity contribution >= 4 is 5.91 Å². The maximum atomic E-state index is 11.8. The van der Waals surface area contributed by atoms with Gasteiger partial charge in [0.25, 0.3) is 5.91 Å². The molecule has 0 aliphatic rings. The Labute approximate surface area is 128 Å². The van der Waals surface area contributed by atoms with Gasteiger partial charge in [0.1, 0.15) is 22.9 Å². The lowest BCUT2D eigenvalue weighted by Crippen LogP contribution is -2.40. The molecule has 0 radical (unpaired) electrons. The molecule has 1 aromatic heterocycles. The van der Waals surface area contributed by atoms with Crippen LogP contribution in [0, 0.1) is 0 Å². The molecular formula is C16H19NO5. The summed E-state index contributed by atoms with van der Waals surface area (Å²) in [5.41, 5.74) is -1.26. The molecule has 118 valence electrons. The molecule has 0 spiro atoms. The van der Waals surface area contributed by atoms with Gasteiger partial charge in [-0.2, -0.15) is 0 Å². The number of methoxy groups -OCH3 is 1. The van der Waals surface area contributed by atoms with E-state index in [0.717, 1.165) is 0 Å². The average molecular weight is 305 g/mol. The molecule has 22 heavy (non-hydrogen) atoms. The van der Waals surface area contributed by atoms with Gasteiger partial charge in [-0.3, -0.25) is 4.79 Å². The molecule has 1 amide bonds. The smallest absolute Gasteiger partial charge is 0.258 e. The van der Waals surface area contributed by atoms with Gasteiger partial charge in [0.05, 0.1) is 19.9 Å². The average Bonchev–Trinajstić information content (AvgIpc) is 3.07. The molecule has 2 aromatic rings. The number of amides is 1. The fourth-order valence-electron chi connectivity index (χ4n) is 1.81. The number of nitrogens with one attached hydrogen (secondary N) is 1. The molecule has 0 bridgehead atoms. The third kappa shape index (κ3) is 4.26. The van der Waals surface area contributed by atoms with E-state index < -0.39 is 5.60 Å². The minimum Gasteiger partial charge on any atom is -0.497 e. The van der Waals surface area contributed by atoms with Crippen molar-refractivity contribution in [3.63, 3.8) is 0 Å². The molecule has 0 saturated heterocycles. The largest absolute Gasteiger partial charge is 0.497 e. The molecule has 1 unspecified atom stereocenters. The van der Waals surface area contributed by atoms with Crippen LogP contribution in [0.2, 0.25) is 0 Å². The second-order valence-corrected chi connectivity index (χ2v) is 4.99. The highest BCUT2D eigenvalue weighted by molar-refractivity contribution is 5.77. The Morgan fingerprint density at radius 3 is 2.55 bits per heavy atom. The second kappa shape index (κ2) is 7.00. The van der Waals surface area contributed by atoms with E-state index in [1.54, 1.807) is 50.4 Å². The first-order valence-corrected chi connectivity index (χ1v) is 6.81. The zero-order valence-corrected chi connectivity index (χ0v) is 12.5. The number of aliphatic hydroxyl groups is 1. The topological polar surface area (TPSA) is 80.9 Å². The number of carbonyl (C=O) groups excluding carboxylic acids is 1. The van der Waals surface area contributed by atoms with Crippen LogP contribution in [0.1, 0.15) is 12.7 Å². The van der Waals surface area contributed by atoms with Crippen molar-refractivity contribution in [3.05, 3.63) is 48.4 Å². The van der Waals surface area contributed by atoms with Crippen LogP contribution in [0.25, 0.3) is 0 Å². The van der Waals surface area contributed by atoms with E-state index >= 15 is 0 Å². The van der Waals surface area contributed by atoms with Crippen LogP contribution in [0.5, 0.6) is 11.5 Å². The van der Waals surface area contributed by atoms with Crippen molar-refractivity contribution in [1.29, 1.82) is 0 Å². The summed E-state index contributed by atoms with van der Waals surface area (Å²) >= 11 is 0.